The van der Waals surface area contributed by atoms with Crippen molar-refractivity contribution in [2.45, 2.75) is 6.92 Å². The lowest BCUT2D eigenvalue weighted by molar-refractivity contribution is -0.135. The van der Waals surface area contributed by atoms with E-state index in [2.05, 4.69) is 23.9 Å². The summed E-state index contributed by atoms with van der Waals surface area (Å²) >= 11 is 4.87. The molecule has 0 bridgehead atoms. The van der Waals surface area contributed by atoms with Crippen LogP contribution in [0.3, 0.4) is 0 Å². The molecule has 0 fully saturated rings. The summed E-state index contributed by atoms with van der Waals surface area (Å²) in [5.74, 6) is -0.353. The van der Waals surface area contributed by atoms with Gasteiger partial charge in [0, 0.05) is 0 Å². The van der Waals surface area contributed by atoms with E-state index in [1.54, 1.807) is 29.8 Å². The van der Waals surface area contributed by atoms with Gasteiger partial charge in [0.25, 0.3) is 0 Å². The van der Waals surface area contributed by atoms with E-state index in [-0.39, 0.29) is 5.97 Å². The van der Waals surface area contributed by atoms with Crippen LogP contribution < -0.4 is 0 Å². The summed E-state index contributed by atoms with van der Waals surface area (Å²) in [5, 5.41) is 0.439. The van der Waals surface area contributed by atoms with Crippen LogP contribution in [0.4, 0.5) is 0 Å². The van der Waals surface area contributed by atoms with E-state index >= 15 is 0 Å². The zero-order chi connectivity index (χ0) is 7.98. The van der Waals surface area contributed by atoms with Crippen molar-refractivity contribution >= 4 is 50.5 Å². The molecule has 0 rings (SSSR count). The lowest BCUT2D eigenvalue weighted by atomic mass is 10.4. The molecule has 0 aliphatic heterocycles. The Morgan fingerprint density at radius 1 is 1.80 bits per heavy atom. The fraction of sp³-hybridized carbons (Fsp3) is 0.600. The molecule has 3 nitrogen and oxygen atoms in total. The van der Waals surface area contributed by atoms with E-state index in [9.17, 15) is 4.79 Å². The molecule has 0 amide bonds. The Bertz CT molecular complexity index is 149. The van der Waals surface area contributed by atoms with Gasteiger partial charge in [-0.1, -0.05) is 15.9 Å². The fourth-order valence-corrected chi connectivity index (χ4v) is 1.52. The highest BCUT2D eigenvalue weighted by Gasteiger charge is 2.08. The van der Waals surface area contributed by atoms with Crippen LogP contribution >= 0.6 is 38.8 Å². The Kier molecular flexibility index (Phi) is 6.30. The minimum absolute atomic E-state index is 0.353. The first-order chi connectivity index (χ1) is 4.76. The third-order valence-electron chi connectivity index (χ3n) is 0.740. The van der Waals surface area contributed by atoms with Gasteiger partial charge in [-0.2, -0.15) is 0 Å². The number of ether oxygens (including phenoxy) is 1. The second-order valence-corrected chi connectivity index (χ2v) is 2.43. The quantitative estimate of drug-likeness (QED) is 0.344. The van der Waals surface area contributed by atoms with Crippen LogP contribution in [0, 0.1) is 0 Å². The molecule has 0 unspecified atom stereocenters. The summed E-state index contributed by atoms with van der Waals surface area (Å²) < 4.78 is 8.37. The van der Waals surface area contributed by atoms with E-state index in [1.165, 1.54) is 0 Å². The molecule has 0 atom stereocenters. The molecule has 0 N–H and O–H groups in total. The standard InChI is InChI=1S/C5H7BrINO2/c1-2-10-5(9)4(3-6)8-7/h2-3H2,1H3/b8-4-. The van der Waals surface area contributed by atoms with Gasteiger partial charge >= 0.3 is 5.97 Å². The zero-order valence-corrected chi connectivity index (χ0v) is 9.18. The van der Waals surface area contributed by atoms with Crippen molar-refractivity contribution in [1.82, 2.24) is 0 Å². The maximum Gasteiger partial charge on any atom is 0.354 e. The largest absolute Gasteiger partial charge is 0.461 e. The monoisotopic (exact) mass is 319 g/mol. The predicted molar refractivity (Wildman–Crippen MR) is 51.9 cm³/mol. The molecular formula is C5H7BrINO2. The summed E-state index contributed by atoms with van der Waals surface area (Å²) in [4.78, 5) is 10.8. The molecule has 0 aromatic heterocycles. The predicted octanol–water partition coefficient (Wildman–Crippen LogP) is 1.74. The Balaban J connectivity index is 3.91. The van der Waals surface area contributed by atoms with Gasteiger partial charge < -0.3 is 4.74 Å². The van der Waals surface area contributed by atoms with Crippen molar-refractivity contribution < 1.29 is 9.53 Å². The van der Waals surface area contributed by atoms with Crippen LogP contribution in [-0.2, 0) is 9.53 Å². The van der Waals surface area contributed by atoms with E-state index in [0.29, 0.717) is 17.6 Å². The molecule has 0 aliphatic carbocycles. The lowest BCUT2D eigenvalue weighted by Crippen LogP contribution is -2.17. The van der Waals surface area contributed by atoms with Gasteiger partial charge in [-0.15, -0.1) is 0 Å². The fourth-order valence-electron chi connectivity index (χ4n) is 0.326. The van der Waals surface area contributed by atoms with Gasteiger partial charge in [-0.05, 0) is 6.92 Å². The maximum absolute atomic E-state index is 10.8. The number of halogens is 2. The van der Waals surface area contributed by atoms with Crippen LogP contribution in [0.1, 0.15) is 6.92 Å². The summed E-state index contributed by atoms with van der Waals surface area (Å²) in [7, 11) is 0. The van der Waals surface area contributed by atoms with Gasteiger partial charge in [-0.3, -0.25) is 0 Å². The molecule has 0 aromatic rings. The van der Waals surface area contributed by atoms with E-state index in [4.69, 9.17) is 0 Å². The number of carbonyl (C=O) groups is 1. The lowest BCUT2D eigenvalue weighted by Gasteiger charge is -1.99. The van der Waals surface area contributed by atoms with Crippen molar-refractivity contribution in [2.24, 2.45) is 3.21 Å². The molecule has 0 saturated heterocycles. The van der Waals surface area contributed by atoms with Gasteiger partial charge in [-0.25, -0.2) is 8.00 Å². The molecule has 0 radical (unpaired) electrons. The van der Waals surface area contributed by atoms with Crippen LogP contribution in [0.2, 0.25) is 0 Å². The average Bonchev–Trinajstić information content (AvgIpc) is 1.91. The van der Waals surface area contributed by atoms with E-state index < -0.39 is 0 Å². The highest BCUT2D eigenvalue weighted by atomic mass is 127. The van der Waals surface area contributed by atoms with Gasteiger partial charge in [0.15, 0.2) is 0 Å². The molecule has 0 aliphatic rings. The second-order valence-electron chi connectivity index (χ2n) is 1.39. The second kappa shape index (κ2) is 6.09. The molecular weight excluding hydrogens is 313 g/mol. The number of hydrogen-bond acceptors (Lipinski definition) is 3. The molecule has 0 spiro atoms. The minimum Gasteiger partial charge on any atom is -0.461 e. The topological polar surface area (TPSA) is 38.7 Å². The highest BCUT2D eigenvalue weighted by Crippen LogP contribution is 1.95. The molecule has 0 aromatic carbocycles. The number of carbonyl (C=O) groups excluding carboxylic acids is 1. The average molecular weight is 320 g/mol. The molecule has 5 heteroatoms. The van der Waals surface area contributed by atoms with Crippen molar-refractivity contribution in [2.75, 3.05) is 11.9 Å². The number of esters is 1. The van der Waals surface area contributed by atoms with Crippen LogP contribution in [-0.4, -0.2) is 23.6 Å². The maximum atomic E-state index is 10.8. The smallest absolute Gasteiger partial charge is 0.354 e. The first kappa shape index (κ1) is 10.3. The van der Waals surface area contributed by atoms with Crippen molar-refractivity contribution in [3.8, 4) is 0 Å². The van der Waals surface area contributed by atoms with Crippen molar-refractivity contribution in [3.63, 3.8) is 0 Å². The third kappa shape index (κ3) is 3.50. The van der Waals surface area contributed by atoms with Gasteiger partial charge in [0.1, 0.15) is 5.71 Å². The molecule has 0 heterocycles. The summed E-state index contributed by atoms with van der Waals surface area (Å²) in [6, 6.07) is 0. The Morgan fingerprint density at radius 2 is 2.40 bits per heavy atom. The molecule has 0 saturated carbocycles. The van der Waals surface area contributed by atoms with Gasteiger partial charge in [0.2, 0.25) is 0 Å². The zero-order valence-electron chi connectivity index (χ0n) is 5.43. The number of nitrogens with zero attached hydrogens (tertiary/aromatic N) is 1. The Labute approximate surface area is 81.9 Å². The SMILES string of the molecule is CCOC(=O)/C(CBr)=N\I. The molecule has 10 heavy (non-hydrogen) atoms. The first-order valence-corrected chi connectivity index (χ1v) is 4.75. The van der Waals surface area contributed by atoms with E-state index in [1.807, 2.05) is 0 Å². The summed E-state index contributed by atoms with van der Waals surface area (Å²) in [6.07, 6.45) is 0. The normalized spacial score (nSPS) is 11.3. The highest BCUT2D eigenvalue weighted by molar-refractivity contribution is 14.1. The van der Waals surface area contributed by atoms with Gasteiger partial charge in [0.05, 0.1) is 34.8 Å². The number of hydrogen-bond donors (Lipinski definition) is 0. The van der Waals surface area contributed by atoms with Crippen molar-refractivity contribution in [1.29, 1.82) is 0 Å². The summed E-state index contributed by atoms with van der Waals surface area (Å²) in [6.45, 7) is 2.15. The molecule has 58 valence electrons. The third-order valence-corrected chi connectivity index (χ3v) is 1.85. The summed E-state index contributed by atoms with van der Waals surface area (Å²) in [5.41, 5.74) is 0.405. The van der Waals surface area contributed by atoms with Crippen molar-refractivity contribution in [3.05, 3.63) is 0 Å². The number of rotatable bonds is 3. The van der Waals surface area contributed by atoms with Crippen LogP contribution in [0.25, 0.3) is 0 Å². The van der Waals surface area contributed by atoms with Crippen LogP contribution in [0.5, 0.6) is 0 Å². The Morgan fingerprint density at radius 3 is 2.70 bits per heavy atom. The Hall–Kier alpha value is 0.350. The minimum atomic E-state index is -0.353. The number of alkyl halides is 1. The van der Waals surface area contributed by atoms with Crippen LogP contribution in [0.15, 0.2) is 3.21 Å². The first-order valence-electron chi connectivity index (χ1n) is 2.67. The van der Waals surface area contributed by atoms with E-state index in [0.717, 1.165) is 0 Å².